The molecule has 3 rings (SSSR count). The molecule has 2 atom stereocenters. The van der Waals surface area contributed by atoms with E-state index >= 15 is 0 Å². The van der Waals surface area contributed by atoms with E-state index in [0.29, 0.717) is 5.52 Å². The van der Waals surface area contributed by atoms with E-state index in [9.17, 15) is 9.90 Å². The second-order valence-corrected chi connectivity index (χ2v) is 4.24. The van der Waals surface area contributed by atoms with Crippen LogP contribution in [0.3, 0.4) is 0 Å². The van der Waals surface area contributed by atoms with Gasteiger partial charge in [0.2, 0.25) is 0 Å². The van der Waals surface area contributed by atoms with E-state index < -0.39 is 6.10 Å². The van der Waals surface area contributed by atoms with Gasteiger partial charge in [-0.15, -0.1) is 0 Å². The number of hydrogen-bond acceptors (Lipinski definition) is 3. The summed E-state index contributed by atoms with van der Waals surface area (Å²) >= 11 is 0. The average Bonchev–Trinajstić information content (AvgIpc) is 2.88. The largest absolute Gasteiger partial charge is 0.391 e. The molecular weight excluding hydrogens is 206 g/mol. The highest BCUT2D eigenvalue weighted by atomic mass is 16.3. The van der Waals surface area contributed by atoms with Crippen LogP contribution in [0.4, 0.5) is 0 Å². The summed E-state index contributed by atoms with van der Waals surface area (Å²) in [6.07, 6.45) is 7.29. The summed E-state index contributed by atoms with van der Waals surface area (Å²) in [5.74, 6) is 0. The zero-order chi connectivity index (χ0) is 11.1. The van der Waals surface area contributed by atoms with Crippen molar-refractivity contribution in [2.24, 2.45) is 0 Å². The van der Waals surface area contributed by atoms with Gasteiger partial charge in [0, 0.05) is 12.4 Å². The van der Waals surface area contributed by atoms with Crippen LogP contribution in [0.15, 0.2) is 29.5 Å². The molecule has 2 aromatic heterocycles. The first-order valence-corrected chi connectivity index (χ1v) is 5.50. The van der Waals surface area contributed by atoms with Crippen LogP contribution in [0.5, 0.6) is 0 Å². The highest BCUT2D eigenvalue weighted by molar-refractivity contribution is 5.42. The smallest absolute Gasteiger partial charge is 0.276 e. The van der Waals surface area contributed by atoms with Gasteiger partial charge >= 0.3 is 0 Å². The molecule has 5 heteroatoms. The lowest BCUT2D eigenvalue weighted by Crippen LogP contribution is -2.29. The lowest BCUT2D eigenvalue weighted by molar-refractivity contribution is 0.134. The molecule has 0 aromatic carbocycles. The van der Waals surface area contributed by atoms with Gasteiger partial charge in [-0.2, -0.15) is 5.10 Å². The monoisotopic (exact) mass is 219 g/mol. The van der Waals surface area contributed by atoms with E-state index in [1.54, 1.807) is 33.7 Å². The first kappa shape index (κ1) is 9.59. The van der Waals surface area contributed by atoms with Crippen molar-refractivity contribution in [2.75, 3.05) is 0 Å². The third-order valence-electron chi connectivity index (χ3n) is 3.29. The molecule has 1 aliphatic rings. The minimum absolute atomic E-state index is 0.0765. The maximum atomic E-state index is 12.1. The lowest BCUT2D eigenvalue weighted by atomic mass is 10.2. The Morgan fingerprint density at radius 1 is 1.38 bits per heavy atom. The minimum atomic E-state index is -0.400. The molecule has 84 valence electrons. The molecule has 5 nitrogen and oxygen atoms in total. The van der Waals surface area contributed by atoms with Gasteiger partial charge in [0.05, 0.1) is 18.3 Å². The first-order valence-electron chi connectivity index (χ1n) is 5.50. The van der Waals surface area contributed by atoms with Crippen molar-refractivity contribution in [3.63, 3.8) is 0 Å². The quantitative estimate of drug-likeness (QED) is 0.763. The van der Waals surface area contributed by atoms with Crippen molar-refractivity contribution in [1.82, 2.24) is 14.2 Å². The van der Waals surface area contributed by atoms with Gasteiger partial charge in [0.1, 0.15) is 5.52 Å². The van der Waals surface area contributed by atoms with Gasteiger partial charge < -0.3 is 9.67 Å². The van der Waals surface area contributed by atoms with Crippen LogP contribution in [-0.4, -0.2) is 25.4 Å². The molecule has 1 N–H and O–H groups in total. The van der Waals surface area contributed by atoms with Gasteiger partial charge in [0.25, 0.3) is 5.56 Å². The number of fused-ring (bicyclic) bond motifs is 1. The highest BCUT2D eigenvalue weighted by Gasteiger charge is 2.27. The summed E-state index contributed by atoms with van der Waals surface area (Å²) in [6.45, 7) is 0. The van der Waals surface area contributed by atoms with Gasteiger partial charge in [0.15, 0.2) is 0 Å². The molecule has 2 heterocycles. The molecule has 0 spiro atoms. The van der Waals surface area contributed by atoms with E-state index in [1.807, 2.05) is 0 Å². The minimum Gasteiger partial charge on any atom is -0.391 e. The fourth-order valence-corrected chi connectivity index (χ4v) is 2.44. The normalized spacial score (nSPS) is 25.3. The van der Waals surface area contributed by atoms with Crippen molar-refractivity contribution in [1.29, 1.82) is 0 Å². The summed E-state index contributed by atoms with van der Waals surface area (Å²) in [6, 6.07) is 1.62. The molecule has 0 radical (unpaired) electrons. The highest BCUT2D eigenvalue weighted by Crippen LogP contribution is 2.28. The zero-order valence-corrected chi connectivity index (χ0v) is 8.78. The topological polar surface area (TPSA) is 59.5 Å². The fraction of sp³-hybridized carbons (Fsp3) is 0.455. The summed E-state index contributed by atoms with van der Waals surface area (Å²) < 4.78 is 3.19. The Labute approximate surface area is 91.9 Å². The summed E-state index contributed by atoms with van der Waals surface area (Å²) in [5, 5.41) is 13.8. The van der Waals surface area contributed by atoms with Crippen molar-refractivity contribution in [3.05, 3.63) is 35.0 Å². The van der Waals surface area contributed by atoms with Crippen molar-refractivity contribution in [3.8, 4) is 0 Å². The third kappa shape index (κ3) is 1.28. The number of aromatic nitrogens is 3. The number of hydrogen-bond donors (Lipinski definition) is 1. The maximum Gasteiger partial charge on any atom is 0.276 e. The summed E-state index contributed by atoms with van der Waals surface area (Å²) in [5.41, 5.74) is 0.479. The molecule has 1 fully saturated rings. The van der Waals surface area contributed by atoms with Crippen molar-refractivity contribution >= 4 is 5.52 Å². The molecular formula is C11H13N3O2. The van der Waals surface area contributed by atoms with E-state index in [1.165, 1.54) is 0 Å². The van der Waals surface area contributed by atoms with Gasteiger partial charge in [-0.25, -0.2) is 4.52 Å². The Bertz CT molecular complexity index is 572. The van der Waals surface area contributed by atoms with Gasteiger partial charge in [-0.1, -0.05) is 0 Å². The molecule has 2 aromatic rings. The van der Waals surface area contributed by atoms with Crippen LogP contribution in [0, 0.1) is 0 Å². The SMILES string of the molecule is O=c1c2ccnn2ccn1[C@H]1CCC[C@@H]1O. The van der Waals surface area contributed by atoms with Crippen molar-refractivity contribution < 1.29 is 5.11 Å². The van der Waals surface area contributed by atoms with Crippen LogP contribution in [0.1, 0.15) is 25.3 Å². The Kier molecular flexibility index (Phi) is 2.07. The zero-order valence-electron chi connectivity index (χ0n) is 8.78. The Morgan fingerprint density at radius 2 is 2.25 bits per heavy atom. The van der Waals surface area contributed by atoms with E-state index in [0.717, 1.165) is 19.3 Å². The number of rotatable bonds is 1. The molecule has 0 unspecified atom stereocenters. The number of aliphatic hydroxyl groups is 1. The molecule has 0 amide bonds. The second-order valence-electron chi connectivity index (χ2n) is 4.24. The van der Waals surface area contributed by atoms with Crippen LogP contribution in [-0.2, 0) is 0 Å². The van der Waals surface area contributed by atoms with Gasteiger partial charge in [-0.3, -0.25) is 4.79 Å². The van der Waals surface area contributed by atoms with Crippen molar-refractivity contribution in [2.45, 2.75) is 31.4 Å². The predicted molar refractivity (Wildman–Crippen MR) is 58.3 cm³/mol. The molecule has 16 heavy (non-hydrogen) atoms. The fourth-order valence-electron chi connectivity index (χ4n) is 2.44. The Morgan fingerprint density at radius 3 is 3.00 bits per heavy atom. The Hall–Kier alpha value is -1.62. The summed E-state index contributed by atoms with van der Waals surface area (Å²) in [4.78, 5) is 12.1. The molecule has 0 saturated heterocycles. The maximum absolute atomic E-state index is 12.1. The van der Waals surface area contributed by atoms with E-state index in [4.69, 9.17) is 0 Å². The number of aliphatic hydroxyl groups excluding tert-OH is 1. The van der Waals surface area contributed by atoms with Crippen LogP contribution in [0.25, 0.3) is 5.52 Å². The van der Waals surface area contributed by atoms with Crippen LogP contribution in [0.2, 0.25) is 0 Å². The van der Waals surface area contributed by atoms with Crippen LogP contribution < -0.4 is 5.56 Å². The average molecular weight is 219 g/mol. The molecule has 1 aliphatic carbocycles. The molecule has 1 saturated carbocycles. The summed E-state index contributed by atoms with van der Waals surface area (Å²) in [7, 11) is 0. The Balaban J connectivity index is 2.16. The predicted octanol–water partition coefficient (Wildman–Crippen LogP) is 0.582. The molecule has 0 aliphatic heterocycles. The van der Waals surface area contributed by atoms with Gasteiger partial charge in [-0.05, 0) is 25.3 Å². The molecule has 0 bridgehead atoms. The first-order chi connectivity index (χ1) is 7.77. The second kappa shape index (κ2) is 3.45. The van der Waals surface area contributed by atoms with Crippen LogP contribution >= 0.6 is 0 Å². The standard InChI is InChI=1S/C11H13N3O2/c15-10-3-1-2-8(10)13-6-7-14-9(11(13)16)4-5-12-14/h4-8,10,15H,1-3H2/t8-,10-/m0/s1. The lowest BCUT2D eigenvalue weighted by Gasteiger charge is -2.17. The van der Waals surface area contributed by atoms with E-state index in [2.05, 4.69) is 5.10 Å². The third-order valence-corrected chi connectivity index (χ3v) is 3.29. The van der Waals surface area contributed by atoms with E-state index in [-0.39, 0.29) is 11.6 Å². The number of nitrogens with zero attached hydrogens (tertiary/aromatic N) is 3.